The second-order valence-electron chi connectivity index (χ2n) is 6.47. The summed E-state index contributed by atoms with van der Waals surface area (Å²) in [7, 11) is 0. The Hall–Kier alpha value is -3.28. The van der Waals surface area contributed by atoms with Gasteiger partial charge in [-0.3, -0.25) is 9.59 Å². The lowest BCUT2D eigenvalue weighted by molar-refractivity contribution is -0.122. The first kappa shape index (κ1) is 16.2. The predicted molar refractivity (Wildman–Crippen MR) is 98.8 cm³/mol. The van der Waals surface area contributed by atoms with Crippen molar-refractivity contribution in [3.8, 4) is 5.75 Å². The van der Waals surface area contributed by atoms with Crippen LogP contribution >= 0.6 is 0 Å². The number of rotatable bonds is 2. The summed E-state index contributed by atoms with van der Waals surface area (Å²) in [5.41, 5.74) is 3.62. The zero-order valence-electron chi connectivity index (χ0n) is 14.7. The Morgan fingerprint density at radius 2 is 1.96 bits per heavy atom. The first-order chi connectivity index (χ1) is 12.4. The van der Waals surface area contributed by atoms with Crippen LogP contribution in [0.1, 0.15) is 28.6 Å². The average Bonchev–Trinajstić information content (AvgIpc) is 2.92. The number of benzene rings is 2. The molecule has 6 heteroatoms. The number of carbonyl (C=O) groups excluding carboxylic acids is 2. The molecular weight excluding hydrogens is 332 g/mol. The number of nitrogens with one attached hydrogen (secondary N) is 2. The summed E-state index contributed by atoms with van der Waals surface area (Å²) in [6.45, 7) is 5.51. The van der Waals surface area contributed by atoms with Crippen molar-refractivity contribution < 1.29 is 18.7 Å². The normalized spacial score (nSPS) is 16.0. The summed E-state index contributed by atoms with van der Waals surface area (Å²) >= 11 is 0. The standard InChI is InChI=1S/C20H18N2O4/c1-10-4-6-14-11(2)18(26-17(14)8-10)20(24)21-13-5-7-16-15(9-13)22-19(23)12(3)25-16/h4-9,12H,1-3H3,(H,21,24)(H,22,23)/t12-/m1/s1. The molecule has 0 spiro atoms. The predicted octanol–water partition coefficient (Wildman–Crippen LogP) is 4.02. The SMILES string of the molecule is Cc1ccc2c(C)c(C(=O)Nc3ccc4c(c3)NC(=O)[C@@H](C)O4)oc2c1. The summed E-state index contributed by atoms with van der Waals surface area (Å²) in [5, 5.41) is 6.49. The maximum Gasteiger partial charge on any atom is 0.291 e. The molecule has 0 aliphatic carbocycles. The van der Waals surface area contributed by atoms with Crippen molar-refractivity contribution in [2.24, 2.45) is 0 Å². The highest BCUT2D eigenvalue weighted by Crippen LogP contribution is 2.33. The zero-order chi connectivity index (χ0) is 18.4. The van der Waals surface area contributed by atoms with E-state index in [0.717, 1.165) is 16.5 Å². The molecule has 26 heavy (non-hydrogen) atoms. The maximum absolute atomic E-state index is 12.7. The number of amides is 2. The Labute approximate surface area is 150 Å². The summed E-state index contributed by atoms with van der Waals surface area (Å²) in [5.74, 6) is 0.292. The van der Waals surface area contributed by atoms with Gasteiger partial charge in [0.15, 0.2) is 11.9 Å². The molecule has 1 atom stereocenters. The van der Waals surface area contributed by atoms with Crippen molar-refractivity contribution in [2.45, 2.75) is 26.9 Å². The molecule has 1 aliphatic rings. The molecule has 3 aromatic rings. The van der Waals surface area contributed by atoms with Gasteiger partial charge in [-0.1, -0.05) is 12.1 Å². The number of carbonyl (C=O) groups is 2. The van der Waals surface area contributed by atoms with Gasteiger partial charge in [0.05, 0.1) is 5.69 Å². The van der Waals surface area contributed by atoms with Gasteiger partial charge in [-0.25, -0.2) is 0 Å². The molecule has 2 N–H and O–H groups in total. The number of ether oxygens (including phenoxy) is 1. The number of fused-ring (bicyclic) bond motifs is 2. The van der Waals surface area contributed by atoms with E-state index in [0.29, 0.717) is 22.7 Å². The van der Waals surface area contributed by atoms with Crippen molar-refractivity contribution in [1.29, 1.82) is 0 Å². The number of furan rings is 1. The lowest BCUT2D eigenvalue weighted by Gasteiger charge is -2.23. The summed E-state index contributed by atoms with van der Waals surface area (Å²) in [6.07, 6.45) is -0.537. The molecule has 0 unspecified atom stereocenters. The largest absolute Gasteiger partial charge is 0.479 e. The molecule has 1 aromatic heterocycles. The molecule has 4 rings (SSSR count). The van der Waals surface area contributed by atoms with Crippen molar-refractivity contribution in [3.63, 3.8) is 0 Å². The van der Waals surface area contributed by atoms with E-state index in [4.69, 9.17) is 9.15 Å². The Morgan fingerprint density at radius 3 is 2.77 bits per heavy atom. The number of hydrogen-bond acceptors (Lipinski definition) is 4. The van der Waals surface area contributed by atoms with E-state index < -0.39 is 6.10 Å². The van der Waals surface area contributed by atoms with Crippen molar-refractivity contribution in [2.75, 3.05) is 10.6 Å². The fraction of sp³-hybridized carbons (Fsp3) is 0.200. The number of aryl methyl sites for hydroxylation is 2. The van der Waals surface area contributed by atoms with Gasteiger partial charge in [0.1, 0.15) is 11.3 Å². The van der Waals surface area contributed by atoms with Crippen LogP contribution in [0, 0.1) is 13.8 Å². The van der Waals surface area contributed by atoms with Crippen molar-refractivity contribution in [3.05, 3.63) is 53.3 Å². The Kier molecular flexibility index (Phi) is 3.68. The third-order valence-corrected chi connectivity index (χ3v) is 4.47. The third-order valence-electron chi connectivity index (χ3n) is 4.47. The summed E-state index contributed by atoms with van der Waals surface area (Å²) < 4.78 is 11.3. The van der Waals surface area contributed by atoms with Gasteiger partial charge in [-0.05, 0) is 50.6 Å². The second-order valence-corrected chi connectivity index (χ2v) is 6.47. The van der Waals surface area contributed by atoms with E-state index in [1.165, 1.54) is 0 Å². The van der Waals surface area contributed by atoms with Crippen LogP contribution in [-0.4, -0.2) is 17.9 Å². The van der Waals surface area contributed by atoms with Crippen LogP contribution in [0.2, 0.25) is 0 Å². The highest BCUT2D eigenvalue weighted by molar-refractivity contribution is 6.07. The van der Waals surface area contributed by atoms with Crippen LogP contribution in [-0.2, 0) is 4.79 Å². The third kappa shape index (κ3) is 2.69. The van der Waals surface area contributed by atoms with Gasteiger partial charge in [-0.2, -0.15) is 0 Å². The quantitative estimate of drug-likeness (QED) is 0.731. The highest BCUT2D eigenvalue weighted by Gasteiger charge is 2.24. The van der Waals surface area contributed by atoms with Crippen LogP contribution in [0.15, 0.2) is 40.8 Å². The summed E-state index contributed by atoms with van der Waals surface area (Å²) in [4.78, 5) is 24.4. The van der Waals surface area contributed by atoms with Gasteiger partial charge in [-0.15, -0.1) is 0 Å². The molecule has 1 aliphatic heterocycles. The molecule has 0 radical (unpaired) electrons. The first-order valence-electron chi connectivity index (χ1n) is 8.35. The first-order valence-corrected chi connectivity index (χ1v) is 8.35. The fourth-order valence-corrected chi connectivity index (χ4v) is 3.02. The second kappa shape index (κ2) is 5.91. The minimum Gasteiger partial charge on any atom is -0.479 e. The lowest BCUT2D eigenvalue weighted by Crippen LogP contribution is -2.34. The van der Waals surface area contributed by atoms with Crippen LogP contribution in [0.5, 0.6) is 5.75 Å². The average molecular weight is 350 g/mol. The smallest absolute Gasteiger partial charge is 0.291 e. The highest BCUT2D eigenvalue weighted by atomic mass is 16.5. The molecule has 132 valence electrons. The van der Waals surface area contributed by atoms with E-state index >= 15 is 0 Å². The molecule has 6 nitrogen and oxygen atoms in total. The van der Waals surface area contributed by atoms with Crippen LogP contribution in [0.4, 0.5) is 11.4 Å². The van der Waals surface area contributed by atoms with Crippen molar-refractivity contribution in [1.82, 2.24) is 0 Å². The van der Waals surface area contributed by atoms with Crippen LogP contribution in [0.3, 0.4) is 0 Å². The topological polar surface area (TPSA) is 80.6 Å². The molecule has 2 heterocycles. The van der Waals surface area contributed by atoms with E-state index in [9.17, 15) is 9.59 Å². The Bertz CT molecular complexity index is 1050. The minimum atomic E-state index is -0.537. The molecule has 0 bridgehead atoms. The maximum atomic E-state index is 12.7. The van der Waals surface area contributed by atoms with Gasteiger partial charge in [0.25, 0.3) is 11.8 Å². The number of hydrogen-bond donors (Lipinski definition) is 2. The molecule has 0 fully saturated rings. The Balaban J connectivity index is 1.62. The monoisotopic (exact) mass is 350 g/mol. The fourth-order valence-electron chi connectivity index (χ4n) is 3.02. The van der Waals surface area contributed by atoms with E-state index in [1.807, 2.05) is 32.0 Å². The van der Waals surface area contributed by atoms with E-state index in [2.05, 4.69) is 10.6 Å². The molecule has 2 amide bonds. The van der Waals surface area contributed by atoms with Crippen LogP contribution in [0.25, 0.3) is 11.0 Å². The Morgan fingerprint density at radius 1 is 1.15 bits per heavy atom. The van der Waals surface area contributed by atoms with E-state index in [1.54, 1.807) is 25.1 Å². The summed E-state index contributed by atoms with van der Waals surface area (Å²) in [6, 6.07) is 11.0. The van der Waals surface area contributed by atoms with Gasteiger partial charge < -0.3 is 19.8 Å². The lowest BCUT2D eigenvalue weighted by atomic mass is 10.1. The molecule has 0 saturated carbocycles. The van der Waals surface area contributed by atoms with Gasteiger partial charge >= 0.3 is 0 Å². The minimum absolute atomic E-state index is 0.218. The van der Waals surface area contributed by atoms with E-state index in [-0.39, 0.29) is 17.6 Å². The van der Waals surface area contributed by atoms with Crippen molar-refractivity contribution >= 4 is 34.2 Å². The molecular formula is C20H18N2O4. The zero-order valence-corrected chi connectivity index (χ0v) is 14.7. The molecule has 2 aromatic carbocycles. The van der Waals surface area contributed by atoms with Gasteiger partial charge in [0, 0.05) is 16.6 Å². The molecule has 0 saturated heterocycles. The van der Waals surface area contributed by atoms with Crippen LogP contribution < -0.4 is 15.4 Å². The van der Waals surface area contributed by atoms with Gasteiger partial charge in [0.2, 0.25) is 0 Å². The number of anilines is 2.